The number of hydrogen-bond acceptors (Lipinski definition) is 5. The van der Waals surface area contributed by atoms with Crippen molar-refractivity contribution in [2.24, 2.45) is 7.05 Å². The Bertz CT molecular complexity index is 840. The SMILES string of the molecule is Cc1nc(SCCNC(=O)c2ccccc2-c2nccn2C)n[nH]1. The van der Waals surface area contributed by atoms with Gasteiger partial charge in [0, 0.05) is 37.3 Å². The smallest absolute Gasteiger partial charge is 0.252 e. The molecule has 0 saturated heterocycles. The zero-order valence-corrected chi connectivity index (χ0v) is 14.3. The van der Waals surface area contributed by atoms with Crippen molar-refractivity contribution in [2.45, 2.75) is 12.1 Å². The molecule has 3 aromatic rings. The average Bonchev–Trinajstić information content (AvgIpc) is 3.19. The fourth-order valence-electron chi connectivity index (χ4n) is 2.29. The molecule has 124 valence electrons. The van der Waals surface area contributed by atoms with Crippen LogP contribution in [0, 0.1) is 6.92 Å². The molecule has 2 aromatic heterocycles. The highest BCUT2D eigenvalue weighted by Crippen LogP contribution is 2.21. The van der Waals surface area contributed by atoms with Crippen molar-refractivity contribution in [3.63, 3.8) is 0 Å². The van der Waals surface area contributed by atoms with E-state index in [4.69, 9.17) is 0 Å². The zero-order valence-electron chi connectivity index (χ0n) is 13.5. The molecule has 2 heterocycles. The van der Waals surface area contributed by atoms with Crippen LogP contribution in [0.25, 0.3) is 11.4 Å². The number of H-pyrrole nitrogens is 1. The number of rotatable bonds is 6. The van der Waals surface area contributed by atoms with Crippen LogP contribution in [-0.2, 0) is 7.05 Å². The van der Waals surface area contributed by atoms with Crippen LogP contribution >= 0.6 is 11.8 Å². The number of aromatic amines is 1. The van der Waals surface area contributed by atoms with Gasteiger partial charge in [-0.15, -0.1) is 5.10 Å². The molecule has 0 saturated carbocycles. The number of aromatic nitrogens is 5. The van der Waals surface area contributed by atoms with Gasteiger partial charge >= 0.3 is 0 Å². The molecule has 24 heavy (non-hydrogen) atoms. The van der Waals surface area contributed by atoms with E-state index < -0.39 is 0 Å². The monoisotopic (exact) mass is 342 g/mol. The van der Waals surface area contributed by atoms with Gasteiger partial charge in [0.15, 0.2) is 0 Å². The van der Waals surface area contributed by atoms with E-state index in [1.165, 1.54) is 11.8 Å². The first kappa shape index (κ1) is 16.3. The lowest BCUT2D eigenvalue weighted by Gasteiger charge is -2.10. The standard InChI is InChI=1S/C16H18N6OS/c1-11-19-16(21-20-11)24-10-8-18-15(23)13-6-4-3-5-12(13)14-17-7-9-22(14)2/h3-7,9H,8,10H2,1-2H3,(H,18,23)(H,19,20,21). The molecular formula is C16H18N6OS. The minimum absolute atomic E-state index is 0.111. The maximum absolute atomic E-state index is 12.5. The van der Waals surface area contributed by atoms with E-state index in [-0.39, 0.29) is 5.91 Å². The summed E-state index contributed by atoms with van der Waals surface area (Å²) in [6, 6.07) is 7.47. The summed E-state index contributed by atoms with van der Waals surface area (Å²) in [5.41, 5.74) is 1.44. The Labute approximate surface area is 143 Å². The number of hydrogen-bond donors (Lipinski definition) is 2. The van der Waals surface area contributed by atoms with Crippen LogP contribution in [-0.4, -0.2) is 42.9 Å². The largest absolute Gasteiger partial charge is 0.351 e. The molecule has 1 amide bonds. The number of thioether (sulfide) groups is 1. The first-order valence-corrected chi connectivity index (χ1v) is 8.50. The van der Waals surface area contributed by atoms with Gasteiger partial charge in [0.2, 0.25) is 5.16 Å². The topological polar surface area (TPSA) is 88.5 Å². The normalized spacial score (nSPS) is 10.8. The van der Waals surface area contributed by atoms with E-state index in [1.54, 1.807) is 6.20 Å². The fraction of sp³-hybridized carbons (Fsp3) is 0.250. The van der Waals surface area contributed by atoms with Gasteiger partial charge in [0.1, 0.15) is 11.6 Å². The lowest BCUT2D eigenvalue weighted by Crippen LogP contribution is -2.26. The molecule has 3 rings (SSSR count). The molecule has 0 atom stereocenters. The Balaban J connectivity index is 1.62. The molecule has 1 aromatic carbocycles. The Morgan fingerprint density at radius 2 is 2.21 bits per heavy atom. The van der Waals surface area contributed by atoms with Crippen molar-refractivity contribution in [3.8, 4) is 11.4 Å². The fourth-order valence-corrected chi connectivity index (χ4v) is 2.99. The second kappa shape index (κ2) is 7.31. The van der Waals surface area contributed by atoms with E-state index in [2.05, 4.69) is 25.5 Å². The second-order valence-electron chi connectivity index (χ2n) is 5.22. The van der Waals surface area contributed by atoms with Crippen molar-refractivity contribution in [2.75, 3.05) is 12.3 Å². The summed E-state index contributed by atoms with van der Waals surface area (Å²) in [5, 5.41) is 10.5. The Kier molecular flexibility index (Phi) is 4.95. The first-order valence-electron chi connectivity index (χ1n) is 7.52. The number of imidazole rings is 1. The summed E-state index contributed by atoms with van der Waals surface area (Å²) in [5.74, 6) is 2.14. The average molecular weight is 342 g/mol. The van der Waals surface area contributed by atoms with Crippen molar-refractivity contribution in [1.29, 1.82) is 0 Å². The Morgan fingerprint density at radius 1 is 1.38 bits per heavy atom. The number of amides is 1. The molecule has 8 heteroatoms. The summed E-state index contributed by atoms with van der Waals surface area (Å²) in [6.45, 7) is 2.39. The summed E-state index contributed by atoms with van der Waals surface area (Å²) < 4.78 is 1.90. The molecule has 0 aliphatic carbocycles. The van der Waals surface area contributed by atoms with E-state index in [0.29, 0.717) is 23.0 Å². The van der Waals surface area contributed by atoms with Gasteiger partial charge in [-0.3, -0.25) is 9.89 Å². The number of benzene rings is 1. The van der Waals surface area contributed by atoms with Crippen LogP contribution in [0.4, 0.5) is 0 Å². The summed E-state index contributed by atoms with van der Waals surface area (Å²) in [7, 11) is 1.91. The molecule has 0 bridgehead atoms. The molecule has 0 aliphatic heterocycles. The third kappa shape index (κ3) is 3.65. The van der Waals surface area contributed by atoms with E-state index in [1.807, 2.05) is 49.0 Å². The van der Waals surface area contributed by atoms with E-state index in [9.17, 15) is 4.79 Å². The van der Waals surface area contributed by atoms with E-state index in [0.717, 1.165) is 17.2 Å². The highest BCUT2D eigenvalue weighted by Gasteiger charge is 2.14. The number of aryl methyl sites for hydroxylation is 2. The molecule has 2 N–H and O–H groups in total. The van der Waals surface area contributed by atoms with Crippen molar-refractivity contribution >= 4 is 17.7 Å². The zero-order chi connectivity index (χ0) is 16.9. The summed E-state index contributed by atoms with van der Waals surface area (Å²) >= 11 is 1.50. The third-order valence-electron chi connectivity index (χ3n) is 3.43. The predicted octanol–water partition coefficient (Wildman–Crippen LogP) is 2.04. The van der Waals surface area contributed by atoms with Gasteiger partial charge in [-0.05, 0) is 13.0 Å². The molecular weight excluding hydrogens is 324 g/mol. The number of carbonyl (C=O) groups excluding carboxylic acids is 1. The van der Waals surface area contributed by atoms with Crippen LogP contribution in [0.15, 0.2) is 41.8 Å². The number of nitrogens with one attached hydrogen (secondary N) is 2. The van der Waals surface area contributed by atoms with Gasteiger partial charge in [-0.25, -0.2) is 9.97 Å². The predicted molar refractivity (Wildman–Crippen MR) is 92.8 cm³/mol. The highest BCUT2D eigenvalue weighted by atomic mass is 32.2. The van der Waals surface area contributed by atoms with Crippen LogP contribution in [0.5, 0.6) is 0 Å². The maximum atomic E-state index is 12.5. The van der Waals surface area contributed by atoms with Gasteiger partial charge in [-0.1, -0.05) is 30.0 Å². The van der Waals surface area contributed by atoms with Crippen LogP contribution in [0.1, 0.15) is 16.2 Å². The highest BCUT2D eigenvalue weighted by molar-refractivity contribution is 7.99. The van der Waals surface area contributed by atoms with Crippen molar-refractivity contribution < 1.29 is 4.79 Å². The van der Waals surface area contributed by atoms with Gasteiger partial charge in [0.25, 0.3) is 5.91 Å². The molecule has 0 radical (unpaired) electrons. The quantitative estimate of drug-likeness (QED) is 0.529. The lowest BCUT2D eigenvalue weighted by atomic mass is 10.1. The molecule has 0 aliphatic rings. The van der Waals surface area contributed by atoms with Crippen LogP contribution in [0.2, 0.25) is 0 Å². The van der Waals surface area contributed by atoms with Gasteiger partial charge < -0.3 is 9.88 Å². The van der Waals surface area contributed by atoms with Crippen molar-refractivity contribution in [1.82, 2.24) is 30.0 Å². The Hall–Kier alpha value is -2.61. The lowest BCUT2D eigenvalue weighted by molar-refractivity contribution is 0.0956. The van der Waals surface area contributed by atoms with E-state index >= 15 is 0 Å². The molecule has 0 unspecified atom stereocenters. The van der Waals surface area contributed by atoms with Crippen LogP contribution in [0.3, 0.4) is 0 Å². The van der Waals surface area contributed by atoms with Crippen molar-refractivity contribution in [3.05, 3.63) is 48.0 Å². The maximum Gasteiger partial charge on any atom is 0.252 e. The minimum Gasteiger partial charge on any atom is -0.351 e. The third-order valence-corrected chi connectivity index (χ3v) is 4.28. The summed E-state index contributed by atoms with van der Waals surface area (Å²) in [4.78, 5) is 21.0. The van der Waals surface area contributed by atoms with Gasteiger partial charge in [-0.2, -0.15) is 0 Å². The summed E-state index contributed by atoms with van der Waals surface area (Å²) in [6.07, 6.45) is 3.58. The minimum atomic E-state index is -0.111. The number of nitrogens with zero attached hydrogens (tertiary/aromatic N) is 4. The second-order valence-corrected chi connectivity index (χ2v) is 6.28. The molecule has 0 spiro atoms. The Morgan fingerprint density at radius 3 is 2.92 bits per heavy atom. The van der Waals surface area contributed by atoms with Gasteiger partial charge in [0.05, 0.1) is 5.56 Å². The first-order chi connectivity index (χ1) is 11.6. The molecule has 0 fully saturated rings. The molecule has 7 nitrogen and oxygen atoms in total. The van der Waals surface area contributed by atoms with Crippen LogP contribution < -0.4 is 5.32 Å². The number of carbonyl (C=O) groups is 1.